The first-order valence-electron chi connectivity index (χ1n) is 3.93. The van der Waals surface area contributed by atoms with E-state index in [0.717, 1.165) is 0 Å². The van der Waals surface area contributed by atoms with E-state index < -0.39 is 17.2 Å². The summed E-state index contributed by atoms with van der Waals surface area (Å²) in [5.41, 5.74) is -0.977. The molecule has 1 heterocycles. The Morgan fingerprint density at radius 3 is 2.60 bits per heavy atom. The molecule has 0 aliphatic carbocycles. The number of rotatable bonds is 1. The van der Waals surface area contributed by atoms with Crippen LogP contribution < -0.4 is 79.6 Å². The van der Waals surface area contributed by atoms with Gasteiger partial charge in [0.1, 0.15) is 5.58 Å². The average Bonchev–Trinajstić information content (AvgIpc) is 2.16. The van der Waals surface area contributed by atoms with Gasteiger partial charge >= 0.3 is 74.5 Å². The molecule has 1 aromatic heterocycles. The summed E-state index contributed by atoms with van der Waals surface area (Å²) >= 11 is 0. The van der Waals surface area contributed by atoms with Crippen LogP contribution in [-0.2, 0) is 0 Å². The molecule has 0 saturated heterocycles. The summed E-state index contributed by atoms with van der Waals surface area (Å²) in [6.45, 7) is 0. The normalized spacial score (nSPS) is 9.60. The van der Waals surface area contributed by atoms with Crippen molar-refractivity contribution < 1.29 is 83.2 Å². The smallest absolute Gasteiger partial charge is 0.545 e. The van der Waals surface area contributed by atoms with Gasteiger partial charge in [0.25, 0.3) is 0 Å². The number of aromatic carboxylic acids is 1. The zero-order chi connectivity index (χ0) is 10.1. The van der Waals surface area contributed by atoms with E-state index in [1.165, 1.54) is 6.07 Å². The fourth-order valence-corrected chi connectivity index (χ4v) is 1.20. The van der Waals surface area contributed by atoms with Crippen molar-refractivity contribution in [2.75, 3.05) is 0 Å². The first-order valence-corrected chi connectivity index (χ1v) is 3.93. The van der Waals surface area contributed by atoms with Gasteiger partial charge in [0.05, 0.1) is 11.5 Å². The largest absolute Gasteiger partial charge is 1.00 e. The van der Waals surface area contributed by atoms with Gasteiger partial charge in [-0.05, 0) is 12.1 Å². The molecule has 0 amide bonds. The van der Waals surface area contributed by atoms with Crippen molar-refractivity contribution in [2.24, 2.45) is 0 Å². The van der Waals surface area contributed by atoms with Crippen LogP contribution in [0.5, 0.6) is 0 Å². The first kappa shape index (κ1) is 13.0. The van der Waals surface area contributed by atoms with E-state index in [1.807, 2.05) is 0 Å². The quantitative estimate of drug-likeness (QED) is 0.531. The predicted octanol–water partition coefficient (Wildman–Crippen LogP) is -2.84. The molecule has 0 spiro atoms. The molecule has 1 aromatic carbocycles. The number of benzene rings is 1. The molecule has 15 heavy (non-hydrogen) atoms. The molecule has 0 N–H and O–H groups in total. The molecule has 0 bridgehead atoms. The third-order valence-corrected chi connectivity index (χ3v) is 1.86. The van der Waals surface area contributed by atoms with E-state index >= 15 is 0 Å². The zero-order valence-electron chi connectivity index (χ0n) is 8.02. The third-order valence-electron chi connectivity index (χ3n) is 1.86. The summed E-state index contributed by atoms with van der Waals surface area (Å²) in [6.07, 6.45) is 0. The monoisotopic (exact) mass is 322 g/mol. The Kier molecular flexibility index (Phi) is 4.63. The molecule has 0 atom stereocenters. The Labute approximate surface area is 144 Å². The van der Waals surface area contributed by atoms with E-state index in [9.17, 15) is 14.7 Å². The molecule has 0 aliphatic rings. The molecule has 2 aromatic rings. The van der Waals surface area contributed by atoms with Gasteiger partial charge in [-0.3, -0.25) is 0 Å². The Hall–Kier alpha value is -0.0481. The van der Waals surface area contributed by atoms with Gasteiger partial charge in [-0.1, -0.05) is 18.2 Å². The minimum Gasteiger partial charge on any atom is -0.545 e. The van der Waals surface area contributed by atoms with E-state index in [4.69, 9.17) is 4.42 Å². The standard InChI is InChI=1S/C10H6O4.Cs/c11-9(12)7-5-6-3-1-2-4-8(6)14-10(7)13;/h1-5H,(H,11,12);/q;+1/p-1. The van der Waals surface area contributed by atoms with E-state index in [2.05, 4.69) is 0 Å². The van der Waals surface area contributed by atoms with Gasteiger partial charge in [0.15, 0.2) is 0 Å². The van der Waals surface area contributed by atoms with Gasteiger partial charge in [-0.15, -0.1) is 0 Å². The van der Waals surface area contributed by atoms with Gasteiger partial charge in [-0.2, -0.15) is 0 Å². The number of carbonyl (C=O) groups excluding carboxylic acids is 1. The molecule has 2 rings (SSSR count). The molecule has 5 heteroatoms. The van der Waals surface area contributed by atoms with Crippen LogP contribution in [-0.4, -0.2) is 5.97 Å². The Morgan fingerprint density at radius 1 is 1.27 bits per heavy atom. The predicted molar refractivity (Wildman–Crippen MR) is 46.8 cm³/mol. The van der Waals surface area contributed by atoms with Crippen LogP contribution in [0.25, 0.3) is 11.0 Å². The maximum Gasteiger partial charge on any atom is 1.00 e. The summed E-state index contributed by atoms with van der Waals surface area (Å²) in [5.74, 6) is -1.52. The topological polar surface area (TPSA) is 70.3 Å². The number of para-hydroxylation sites is 1. The number of hydrogen-bond donors (Lipinski definition) is 0. The number of fused-ring (bicyclic) bond motifs is 1. The number of carboxylic acids is 1. The van der Waals surface area contributed by atoms with Crippen LogP contribution >= 0.6 is 0 Å². The van der Waals surface area contributed by atoms with Crippen molar-refractivity contribution in [3.63, 3.8) is 0 Å². The van der Waals surface area contributed by atoms with Crippen LogP contribution in [0.3, 0.4) is 0 Å². The molecule has 70 valence electrons. The minimum absolute atomic E-state index is 0. The molecule has 4 nitrogen and oxygen atoms in total. The second-order valence-corrected chi connectivity index (χ2v) is 2.77. The van der Waals surface area contributed by atoms with Crippen molar-refractivity contribution in [1.29, 1.82) is 0 Å². The number of carbonyl (C=O) groups is 1. The molecular formula is C10H5CsO4. The fraction of sp³-hybridized carbons (Fsp3) is 0. The van der Waals surface area contributed by atoms with Crippen molar-refractivity contribution in [2.45, 2.75) is 0 Å². The van der Waals surface area contributed by atoms with Crippen LogP contribution in [0.2, 0.25) is 0 Å². The van der Waals surface area contributed by atoms with Gasteiger partial charge < -0.3 is 14.3 Å². The Morgan fingerprint density at radius 2 is 1.93 bits per heavy atom. The molecular weight excluding hydrogens is 317 g/mol. The van der Waals surface area contributed by atoms with Crippen molar-refractivity contribution in [3.05, 3.63) is 46.3 Å². The summed E-state index contributed by atoms with van der Waals surface area (Å²) in [5, 5.41) is 11.1. The second-order valence-electron chi connectivity index (χ2n) is 2.77. The maximum atomic E-state index is 11.1. The second kappa shape index (κ2) is 5.33. The number of carboxylic acid groups (broad SMARTS) is 1. The van der Waals surface area contributed by atoms with E-state index in [1.54, 1.807) is 24.3 Å². The molecule has 0 unspecified atom stereocenters. The Bertz CT molecular complexity index is 559. The van der Waals surface area contributed by atoms with Crippen LogP contribution in [0.1, 0.15) is 10.4 Å². The molecule has 0 saturated carbocycles. The van der Waals surface area contributed by atoms with Crippen molar-refractivity contribution >= 4 is 16.9 Å². The zero-order valence-corrected chi connectivity index (χ0v) is 14.3. The fourth-order valence-electron chi connectivity index (χ4n) is 1.20. The van der Waals surface area contributed by atoms with Crippen LogP contribution in [0, 0.1) is 0 Å². The summed E-state index contributed by atoms with van der Waals surface area (Å²) in [7, 11) is 0. The SMILES string of the molecule is O=C([O-])c1cc2ccccc2oc1=O.[Cs+]. The summed E-state index contributed by atoms with van der Waals surface area (Å²) in [6, 6.07) is 7.92. The molecule has 0 radical (unpaired) electrons. The maximum absolute atomic E-state index is 11.1. The first-order chi connectivity index (χ1) is 6.68. The van der Waals surface area contributed by atoms with Gasteiger partial charge in [0.2, 0.25) is 0 Å². The minimum atomic E-state index is -1.52. The third kappa shape index (κ3) is 2.74. The van der Waals surface area contributed by atoms with E-state index in [0.29, 0.717) is 11.0 Å². The van der Waals surface area contributed by atoms with Crippen LogP contribution in [0.15, 0.2) is 39.5 Å². The van der Waals surface area contributed by atoms with Crippen LogP contribution in [0.4, 0.5) is 0 Å². The summed E-state index contributed by atoms with van der Waals surface area (Å²) < 4.78 is 4.78. The summed E-state index contributed by atoms with van der Waals surface area (Å²) in [4.78, 5) is 21.6. The van der Waals surface area contributed by atoms with Crippen molar-refractivity contribution in [1.82, 2.24) is 0 Å². The van der Waals surface area contributed by atoms with Crippen molar-refractivity contribution in [3.8, 4) is 0 Å². The molecule has 0 aliphatic heterocycles. The average molecular weight is 322 g/mol. The Balaban J connectivity index is 0.00000112. The number of hydrogen-bond acceptors (Lipinski definition) is 4. The van der Waals surface area contributed by atoms with Gasteiger partial charge in [0, 0.05) is 5.39 Å². The molecule has 0 fully saturated rings. The van der Waals surface area contributed by atoms with Gasteiger partial charge in [-0.25, -0.2) is 4.79 Å². The van der Waals surface area contributed by atoms with E-state index in [-0.39, 0.29) is 68.9 Å².